The Morgan fingerprint density at radius 1 is 1.15 bits per heavy atom. The van der Waals surface area contributed by atoms with Crippen LogP contribution in [0.4, 0.5) is 0 Å². The van der Waals surface area contributed by atoms with Gasteiger partial charge in [-0.3, -0.25) is 4.79 Å². The van der Waals surface area contributed by atoms with Gasteiger partial charge in [-0.05, 0) is 25.1 Å². The molecule has 0 spiro atoms. The highest BCUT2D eigenvalue weighted by Gasteiger charge is 2.35. The van der Waals surface area contributed by atoms with Crippen LogP contribution >= 0.6 is 11.6 Å². The maximum absolute atomic E-state index is 12.7. The quantitative estimate of drug-likeness (QED) is 0.484. The lowest BCUT2D eigenvalue weighted by Gasteiger charge is -2.13. The van der Waals surface area contributed by atoms with Crippen LogP contribution in [0.15, 0.2) is 52.3 Å². The van der Waals surface area contributed by atoms with E-state index in [1.54, 1.807) is 43.3 Å². The summed E-state index contributed by atoms with van der Waals surface area (Å²) in [7, 11) is 0. The first kappa shape index (κ1) is 13.5. The first-order valence-corrected chi connectivity index (χ1v) is 7.63. The normalized spacial score (nSPS) is 18.6. The van der Waals surface area contributed by atoms with Crippen LogP contribution in [0.3, 0.4) is 0 Å². The van der Waals surface area contributed by atoms with Gasteiger partial charge >= 0.3 is 5.97 Å². The highest BCUT2D eigenvalue weighted by Crippen LogP contribution is 2.42. The predicted octanol–water partition coefficient (Wildman–Crippen LogP) is 3.53. The van der Waals surface area contributed by atoms with Crippen LogP contribution in [0, 0.1) is 0 Å². The summed E-state index contributed by atoms with van der Waals surface area (Å²) in [6.45, 7) is 1.77. The fourth-order valence-corrected chi connectivity index (χ4v) is 3.72. The van der Waals surface area contributed by atoms with Crippen LogP contribution in [0.5, 0.6) is 5.75 Å². The molecular weight excluding hydrogens is 296 g/mol. The summed E-state index contributed by atoms with van der Waals surface area (Å²) in [6, 6.07) is 12.2. The van der Waals surface area contributed by atoms with E-state index in [1.807, 2.05) is 6.07 Å². The second-order valence-electron chi connectivity index (χ2n) is 4.52. The zero-order chi connectivity index (χ0) is 14.3. The van der Waals surface area contributed by atoms with E-state index in [0.717, 1.165) is 5.56 Å². The molecule has 1 aliphatic heterocycles. The Labute approximate surface area is 124 Å². The van der Waals surface area contributed by atoms with Crippen molar-refractivity contribution in [3.05, 3.63) is 53.1 Å². The van der Waals surface area contributed by atoms with Gasteiger partial charge in [-0.15, -0.1) is 0 Å². The first-order valence-electron chi connectivity index (χ1n) is 6.10. The Morgan fingerprint density at radius 2 is 1.85 bits per heavy atom. The molecule has 5 heteroatoms. The number of hydrogen-bond acceptors (Lipinski definition) is 3. The molecular formula is C15H11ClO3S. The van der Waals surface area contributed by atoms with Crippen LogP contribution in [0.25, 0.3) is 0 Å². The molecule has 0 saturated carbocycles. The number of hydrogen-bond donors (Lipinski definition) is 0. The van der Waals surface area contributed by atoms with Crippen molar-refractivity contribution in [1.29, 1.82) is 0 Å². The van der Waals surface area contributed by atoms with Gasteiger partial charge in [-0.25, -0.2) is 0 Å². The van der Waals surface area contributed by atoms with Gasteiger partial charge in [0.1, 0.15) is 0 Å². The molecule has 1 aliphatic rings. The van der Waals surface area contributed by atoms with Gasteiger partial charge in [0.25, 0.3) is 0 Å². The van der Waals surface area contributed by atoms with Crippen LogP contribution in [0.1, 0.15) is 18.4 Å². The van der Waals surface area contributed by atoms with E-state index in [0.29, 0.717) is 20.6 Å². The number of para-hydroxylation sites is 1. The van der Waals surface area contributed by atoms with Crippen LogP contribution in [-0.4, -0.2) is 10.5 Å². The van der Waals surface area contributed by atoms with Crippen molar-refractivity contribution >= 4 is 28.7 Å². The van der Waals surface area contributed by atoms with Gasteiger partial charge in [0.15, 0.2) is 10.6 Å². The van der Waals surface area contributed by atoms with Gasteiger partial charge in [-0.1, -0.05) is 35.9 Å². The number of esters is 1. The molecule has 20 heavy (non-hydrogen) atoms. The second kappa shape index (κ2) is 5.13. The van der Waals surface area contributed by atoms with E-state index in [2.05, 4.69) is 0 Å². The van der Waals surface area contributed by atoms with Gasteiger partial charge in [0.05, 0.1) is 10.9 Å². The van der Waals surface area contributed by atoms with Gasteiger partial charge in [0, 0.05) is 16.7 Å². The number of halogens is 1. The number of rotatable bonds is 2. The van der Waals surface area contributed by atoms with Crippen molar-refractivity contribution in [3.63, 3.8) is 0 Å². The smallest absolute Gasteiger partial charge is 0.318 e. The minimum Gasteiger partial charge on any atom is -0.606 e. The summed E-state index contributed by atoms with van der Waals surface area (Å²) in [6.07, 6.45) is 0. The van der Waals surface area contributed by atoms with Crippen molar-refractivity contribution in [2.45, 2.75) is 22.6 Å². The molecule has 0 aromatic heterocycles. The SMILES string of the molecule is CC1C(=O)Oc2c1cccc2[S+]([O-])c1ccccc1Cl. The lowest BCUT2D eigenvalue weighted by molar-refractivity contribution is -0.133. The third-order valence-corrected chi connectivity index (χ3v) is 5.19. The fourth-order valence-electron chi connectivity index (χ4n) is 2.16. The number of benzene rings is 2. The van der Waals surface area contributed by atoms with Crippen molar-refractivity contribution < 1.29 is 14.1 Å². The highest BCUT2D eigenvalue weighted by molar-refractivity contribution is 7.91. The maximum Gasteiger partial charge on any atom is 0.318 e. The van der Waals surface area contributed by atoms with Crippen molar-refractivity contribution in [3.8, 4) is 5.75 Å². The predicted molar refractivity (Wildman–Crippen MR) is 76.6 cm³/mol. The summed E-state index contributed by atoms with van der Waals surface area (Å²) in [5.74, 6) is -0.236. The minimum absolute atomic E-state index is 0.316. The number of ether oxygens (including phenoxy) is 1. The molecule has 3 rings (SSSR count). The van der Waals surface area contributed by atoms with Crippen LogP contribution < -0.4 is 4.74 Å². The molecule has 2 unspecified atom stereocenters. The summed E-state index contributed by atoms with van der Waals surface area (Å²) in [4.78, 5) is 12.7. The van der Waals surface area contributed by atoms with E-state index >= 15 is 0 Å². The Morgan fingerprint density at radius 3 is 2.60 bits per heavy atom. The van der Waals surface area contributed by atoms with Crippen molar-refractivity contribution in [2.75, 3.05) is 0 Å². The minimum atomic E-state index is -1.48. The molecule has 0 fully saturated rings. The molecule has 0 amide bonds. The Hall–Kier alpha value is -1.49. The van der Waals surface area contributed by atoms with Gasteiger partial charge in [0.2, 0.25) is 4.90 Å². The van der Waals surface area contributed by atoms with E-state index in [-0.39, 0.29) is 11.9 Å². The van der Waals surface area contributed by atoms with E-state index in [4.69, 9.17) is 16.3 Å². The Bertz CT molecular complexity index is 687. The highest BCUT2D eigenvalue weighted by atomic mass is 35.5. The van der Waals surface area contributed by atoms with Gasteiger partial charge in [-0.2, -0.15) is 0 Å². The zero-order valence-corrected chi connectivity index (χ0v) is 12.2. The summed E-state index contributed by atoms with van der Waals surface area (Å²) >= 11 is 4.60. The first-order chi connectivity index (χ1) is 9.59. The van der Waals surface area contributed by atoms with Crippen molar-refractivity contribution in [1.82, 2.24) is 0 Å². The molecule has 2 aromatic carbocycles. The average molecular weight is 307 g/mol. The average Bonchev–Trinajstić information content (AvgIpc) is 2.74. The van der Waals surface area contributed by atoms with E-state index in [1.165, 1.54) is 0 Å². The maximum atomic E-state index is 12.7. The summed E-state index contributed by atoms with van der Waals surface area (Å²) < 4.78 is 17.9. The molecule has 1 heterocycles. The molecule has 2 atom stereocenters. The molecule has 0 bridgehead atoms. The molecule has 0 N–H and O–H groups in total. The summed E-state index contributed by atoms with van der Waals surface area (Å²) in [5.41, 5.74) is 0.771. The largest absolute Gasteiger partial charge is 0.606 e. The fraction of sp³-hybridized carbons (Fsp3) is 0.133. The van der Waals surface area contributed by atoms with E-state index in [9.17, 15) is 9.35 Å². The second-order valence-corrected chi connectivity index (χ2v) is 6.34. The standard InChI is InChI=1S/C15H11ClO3S/c1-9-10-5-4-8-13(14(10)19-15(9)17)20(18)12-7-3-2-6-11(12)16/h2-9H,1H3. The van der Waals surface area contributed by atoms with Gasteiger partial charge < -0.3 is 9.29 Å². The molecule has 3 nitrogen and oxygen atoms in total. The lowest BCUT2D eigenvalue weighted by atomic mass is 10.0. The van der Waals surface area contributed by atoms with E-state index < -0.39 is 11.2 Å². The molecule has 2 aromatic rings. The summed E-state index contributed by atoms with van der Waals surface area (Å²) in [5, 5.41) is 0.431. The van der Waals surface area contributed by atoms with Crippen molar-refractivity contribution in [2.24, 2.45) is 0 Å². The number of carbonyl (C=O) groups excluding carboxylic acids is 1. The number of fused-ring (bicyclic) bond motifs is 1. The monoisotopic (exact) mass is 306 g/mol. The van der Waals surface area contributed by atoms with Crippen LogP contribution in [0.2, 0.25) is 5.02 Å². The number of carbonyl (C=O) groups is 1. The zero-order valence-electron chi connectivity index (χ0n) is 10.6. The molecule has 0 saturated heterocycles. The molecule has 102 valence electrons. The lowest BCUT2D eigenvalue weighted by Crippen LogP contribution is -2.07. The molecule has 0 radical (unpaired) electrons. The topological polar surface area (TPSA) is 49.4 Å². The Balaban J connectivity index is 2.09. The third kappa shape index (κ3) is 2.10. The molecule has 0 aliphatic carbocycles. The third-order valence-electron chi connectivity index (χ3n) is 3.27. The van der Waals surface area contributed by atoms with Crippen LogP contribution in [-0.2, 0) is 16.0 Å². The Kier molecular flexibility index (Phi) is 3.46.